The maximum Gasteiger partial charge on any atom is 0.143 e. The van der Waals surface area contributed by atoms with Crippen LogP contribution >= 0.6 is 0 Å². The van der Waals surface area contributed by atoms with Crippen molar-refractivity contribution in [2.24, 2.45) is 0 Å². The van der Waals surface area contributed by atoms with E-state index < -0.39 is 0 Å². The van der Waals surface area contributed by atoms with Gasteiger partial charge in [0.25, 0.3) is 0 Å². The summed E-state index contributed by atoms with van der Waals surface area (Å²) in [5, 5.41) is 19.2. The minimum absolute atomic E-state index is 0.177. The quantitative estimate of drug-likeness (QED) is 0.840. The van der Waals surface area contributed by atoms with Crippen molar-refractivity contribution in [3.05, 3.63) is 59.5 Å². The molecule has 0 bridgehead atoms. The van der Waals surface area contributed by atoms with Crippen molar-refractivity contribution in [2.45, 2.75) is 20.4 Å². The zero-order chi connectivity index (χ0) is 15.7. The third-order valence-corrected chi connectivity index (χ3v) is 2.59. The van der Waals surface area contributed by atoms with Crippen molar-refractivity contribution in [1.82, 2.24) is 4.98 Å². The van der Waals surface area contributed by atoms with Crippen molar-refractivity contribution in [2.75, 3.05) is 5.32 Å². The Balaban J connectivity index is 0.00000106. The largest absolute Gasteiger partial charge is 0.365 e. The lowest BCUT2D eigenvalue weighted by Gasteiger charge is -2.09. The fourth-order valence-electron chi connectivity index (χ4n) is 1.63. The number of hydrogen-bond donors (Lipinski definition) is 2. The van der Waals surface area contributed by atoms with E-state index in [4.69, 9.17) is 10.7 Å². The second-order valence-corrected chi connectivity index (χ2v) is 3.83. The van der Waals surface area contributed by atoms with Gasteiger partial charge in [-0.2, -0.15) is 5.26 Å². The average Bonchev–Trinajstić information content (AvgIpc) is 2.55. The maximum atomic E-state index is 13.5. The Morgan fingerprint density at radius 3 is 2.67 bits per heavy atom. The number of hydrogen-bond acceptors (Lipinski definition) is 4. The molecule has 1 aromatic heterocycles. The highest BCUT2D eigenvalue weighted by atomic mass is 19.1. The minimum Gasteiger partial charge on any atom is -0.365 e. The molecule has 1 aromatic carbocycles. The van der Waals surface area contributed by atoms with Crippen molar-refractivity contribution >= 4 is 11.5 Å². The monoisotopic (exact) mass is 284 g/mol. The average molecular weight is 284 g/mol. The zero-order valence-corrected chi connectivity index (χ0v) is 12.0. The van der Waals surface area contributed by atoms with Crippen LogP contribution in [0.3, 0.4) is 0 Å². The number of aromatic nitrogens is 1. The smallest absolute Gasteiger partial charge is 0.143 e. The van der Waals surface area contributed by atoms with E-state index >= 15 is 0 Å². The van der Waals surface area contributed by atoms with E-state index in [-0.39, 0.29) is 18.1 Å². The summed E-state index contributed by atoms with van der Waals surface area (Å²) in [6.07, 6.45) is 1.55. The molecule has 0 saturated heterocycles. The molecule has 5 heteroatoms. The zero-order valence-electron chi connectivity index (χ0n) is 12.0. The first-order valence-corrected chi connectivity index (χ1v) is 6.63. The molecule has 1 heterocycles. The van der Waals surface area contributed by atoms with Crippen LogP contribution < -0.4 is 5.32 Å². The van der Waals surface area contributed by atoms with E-state index in [9.17, 15) is 4.39 Å². The summed E-state index contributed by atoms with van der Waals surface area (Å²) in [4.78, 5) is 4.07. The van der Waals surface area contributed by atoms with Crippen molar-refractivity contribution < 1.29 is 4.39 Å². The number of benzene rings is 1. The molecule has 0 aliphatic carbocycles. The van der Waals surface area contributed by atoms with Gasteiger partial charge in [0, 0.05) is 18.3 Å². The molecule has 21 heavy (non-hydrogen) atoms. The van der Waals surface area contributed by atoms with E-state index in [0.717, 1.165) is 0 Å². The molecule has 0 saturated carbocycles. The van der Waals surface area contributed by atoms with E-state index in [1.165, 1.54) is 6.07 Å². The Labute approximate surface area is 123 Å². The summed E-state index contributed by atoms with van der Waals surface area (Å²) in [7, 11) is 0. The molecular weight excluding hydrogens is 267 g/mol. The summed E-state index contributed by atoms with van der Waals surface area (Å²) in [6.45, 7) is 4.25. The highest BCUT2D eigenvalue weighted by Crippen LogP contribution is 2.14. The highest BCUT2D eigenvalue weighted by molar-refractivity contribution is 6.12. The predicted octanol–water partition coefficient (Wildman–Crippen LogP) is 3.75. The van der Waals surface area contributed by atoms with Crippen LogP contribution in [0.25, 0.3) is 0 Å². The van der Waals surface area contributed by atoms with Gasteiger partial charge >= 0.3 is 0 Å². The Morgan fingerprint density at radius 1 is 1.29 bits per heavy atom. The second-order valence-electron chi connectivity index (χ2n) is 3.83. The third-order valence-electron chi connectivity index (χ3n) is 2.59. The first-order chi connectivity index (χ1) is 10.2. The Kier molecular flexibility index (Phi) is 6.55. The predicted molar refractivity (Wildman–Crippen MR) is 81.8 cm³/mol. The SMILES string of the molecule is CC.N#CC(=N)c1cccnc1NCc1ccccc1F. The molecule has 2 N–H and O–H groups in total. The molecular formula is C16H17FN4. The number of nitriles is 1. The van der Waals surface area contributed by atoms with Crippen LogP contribution in [0.5, 0.6) is 0 Å². The normalized spacial score (nSPS) is 9.05. The van der Waals surface area contributed by atoms with Crippen LogP contribution in [0.2, 0.25) is 0 Å². The lowest BCUT2D eigenvalue weighted by molar-refractivity contribution is 0.613. The minimum atomic E-state index is -0.303. The second kappa shape index (κ2) is 8.43. The Hall–Kier alpha value is -2.74. The molecule has 0 aliphatic heterocycles. The van der Waals surface area contributed by atoms with Gasteiger partial charge in [-0.05, 0) is 18.2 Å². The number of nitrogens with zero attached hydrogens (tertiary/aromatic N) is 2. The van der Waals surface area contributed by atoms with E-state index in [1.807, 2.05) is 13.8 Å². The Bertz CT molecular complexity index is 647. The number of pyridine rings is 1. The van der Waals surface area contributed by atoms with E-state index in [2.05, 4.69) is 10.3 Å². The van der Waals surface area contributed by atoms with Gasteiger partial charge in [-0.25, -0.2) is 9.37 Å². The maximum absolute atomic E-state index is 13.5. The summed E-state index contributed by atoms with van der Waals surface area (Å²) in [6, 6.07) is 11.5. The summed E-state index contributed by atoms with van der Waals surface area (Å²) in [5.74, 6) is 0.0974. The standard InChI is InChI=1S/C14H11FN4.C2H6/c15-12-6-2-1-4-10(12)9-19-14-11(13(17)8-16)5-3-7-18-14;1-2/h1-7,17H,9H2,(H,18,19);1-2H3. The molecule has 0 spiro atoms. The topological polar surface area (TPSA) is 72.6 Å². The van der Waals surface area contributed by atoms with Crippen LogP contribution in [-0.2, 0) is 6.54 Å². The summed E-state index contributed by atoms with van der Waals surface area (Å²) < 4.78 is 13.5. The first-order valence-electron chi connectivity index (χ1n) is 6.63. The van der Waals surface area contributed by atoms with E-state index in [0.29, 0.717) is 16.9 Å². The van der Waals surface area contributed by atoms with Crippen molar-refractivity contribution in [1.29, 1.82) is 10.7 Å². The van der Waals surface area contributed by atoms with Gasteiger partial charge < -0.3 is 5.32 Å². The third kappa shape index (κ3) is 4.39. The van der Waals surface area contributed by atoms with Crippen LogP contribution in [0.1, 0.15) is 25.0 Å². The van der Waals surface area contributed by atoms with Crippen LogP contribution in [0.4, 0.5) is 10.2 Å². The van der Waals surface area contributed by atoms with Gasteiger partial charge in [0.05, 0.1) is 5.56 Å². The molecule has 2 rings (SSSR count). The van der Waals surface area contributed by atoms with Crippen LogP contribution in [-0.4, -0.2) is 10.7 Å². The fraction of sp³-hybridized carbons (Fsp3) is 0.188. The summed E-state index contributed by atoms with van der Waals surface area (Å²) >= 11 is 0. The van der Waals surface area contributed by atoms with Gasteiger partial charge in [-0.1, -0.05) is 32.0 Å². The van der Waals surface area contributed by atoms with Gasteiger partial charge in [-0.3, -0.25) is 5.41 Å². The molecule has 0 radical (unpaired) electrons. The lowest BCUT2D eigenvalue weighted by atomic mass is 10.1. The molecule has 0 fully saturated rings. The van der Waals surface area contributed by atoms with Crippen LogP contribution in [0.15, 0.2) is 42.6 Å². The molecule has 0 atom stereocenters. The van der Waals surface area contributed by atoms with Crippen LogP contribution in [0, 0.1) is 22.6 Å². The molecule has 0 unspecified atom stereocenters. The highest BCUT2D eigenvalue weighted by Gasteiger charge is 2.08. The number of rotatable bonds is 4. The molecule has 0 aliphatic rings. The van der Waals surface area contributed by atoms with Crippen molar-refractivity contribution in [3.8, 4) is 6.07 Å². The Morgan fingerprint density at radius 2 is 2.00 bits per heavy atom. The van der Waals surface area contributed by atoms with Gasteiger partial charge in [0.1, 0.15) is 23.4 Å². The van der Waals surface area contributed by atoms with Gasteiger partial charge in [-0.15, -0.1) is 0 Å². The van der Waals surface area contributed by atoms with Gasteiger partial charge in [0.15, 0.2) is 0 Å². The molecule has 108 valence electrons. The first kappa shape index (κ1) is 16.3. The summed E-state index contributed by atoms with van der Waals surface area (Å²) in [5.41, 5.74) is 0.730. The number of anilines is 1. The van der Waals surface area contributed by atoms with Gasteiger partial charge in [0.2, 0.25) is 0 Å². The molecule has 0 amide bonds. The number of halogens is 1. The fourth-order valence-corrected chi connectivity index (χ4v) is 1.63. The van der Waals surface area contributed by atoms with Crippen molar-refractivity contribution in [3.63, 3.8) is 0 Å². The molecule has 2 aromatic rings. The van der Waals surface area contributed by atoms with E-state index in [1.54, 1.807) is 42.6 Å². The lowest BCUT2D eigenvalue weighted by Crippen LogP contribution is -2.08. The molecule has 4 nitrogen and oxygen atoms in total. The number of nitrogens with one attached hydrogen (secondary N) is 2.